The Bertz CT molecular complexity index is 1710. The first-order valence-corrected chi connectivity index (χ1v) is 35.5. The maximum atomic E-state index is 12.9. The van der Waals surface area contributed by atoms with E-state index in [-0.39, 0.29) is 32.0 Å². The van der Waals surface area contributed by atoms with Gasteiger partial charge in [-0.3, -0.25) is 18.6 Å². The Morgan fingerprint density at radius 1 is 0.390 bits per heavy atom. The molecular formula is C72H129NO8P+. The first kappa shape index (κ1) is 78.9. The number of carbonyl (C=O) groups excluding carboxylic acids is 2. The van der Waals surface area contributed by atoms with Crippen molar-refractivity contribution in [3.05, 3.63) is 97.2 Å². The van der Waals surface area contributed by atoms with E-state index in [0.29, 0.717) is 17.4 Å². The van der Waals surface area contributed by atoms with Gasteiger partial charge in [0.2, 0.25) is 0 Å². The van der Waals surface area contributed by atoms with Crippen LogP contribution >= 0.6 is 7.82 Å². The minimum absolute atomic E-state index is 0.0283. The summed E-state index contributed by atoms with van der Waals surface area (Å²) in [6, 6.07) is 0. The Hall–Kier alpha value is -3.07. The number of likely N-dealkylation sites (N-methyl/N-ethyl adjacent to an activating group) is 1. The maximum absolute atomic E-state index is 12.9. The molecule has 0 heterocycles. The first-order chi connectivity index (χ1) is 40.0. The minimum atomic E-state index is -4.40. The molecule has 0 rings (SSSR count). The van der Waals surface area contributed by atoms with E-state index in [1.54, 1.807) is 0 Å². The number of unbranched alkanes of at least 4 members (excludes halogenated alkanes) is 32. The van der Waals surface area contributed by atoms with E-state index in [2.05, 4.69) is 111 Å². The van der Waals surface area contributed by atoms with E-state index < -0.39 is 26.5 Å². The number of nitrogens with zero attached hydrogens (tertiary/aromatic N) is 1. The Labute approximate surface area is 506 Å². The molecule has 0 radical (unpaired) electrons. The topological polar surface area (TPSA) is 108 Å². The van der Waals surface area contributed by atoms with Crippen molar-refractivity contribution in [2.45, 2.75) is 302 Å². The van der Waals surface area contributed by atoms with Crippen LogP contribution in [0, 0.1) is 0 Å². The molecule has 0 aliphatic rings. The number of ether oxygens (including phenoxy) is 2. The monoisotopic (exact) mass is 1170 g/mol. The van der Waals surface area contributed by atoms with Crippen molar-refractivity contribution in [2.24, 2.45) is 0 Å². The minimum Gasteiger partial charge on any atom is -0.462 e. The fourth-order valence-electron chi connectivity index (χ4n) is 9.40. The summed E-state index contributed by atoms with van der Waals surface area (Å²) in [7, 11) is 1.47. The van der Waals surface area contributed by atoms with Gasteiger partial charge < -0.3 is 18.9 Å². The second kappa shape index (κ2) is 62.5. The summed E-state index contributed by atoms with van der Waals surface area (Å²) < 4.78 is 34.7. The lowest BCUT2D eigenvalue weighted by Gasteiger charge is -2.24. The number of phosphoric acid groups is 1. The van der Waals surface area contributed by atoms with Crippen LogP contribution < -0.4 is 0 Å². The van der Waals surface area contributed by atoms with Gasteiger partial charge in [0.25, 0.3) is 0 Å². The molecule has 0 aromatic carbocycles. The molecule has 0 saturated carbocycles. The van der Waals surface area contributed by atoms with Gasteiger partial charge in [-0.1, -0.05) is 284 Å². The summed E-state index contributed by atoms with van der Waals surface area (Å²) >= 11 is 0. The smallest absolute Gasteiger partial charge is 0.462 e. The molecule has 2 unspecified atom stereocenters. The molecule has 0 aliphatic heterocycles. The summed E-state index contributed by atoms with van der Waals surface area (Å²) in [4.78, 5) is 35.9. The SMILES string of the molecule is CC/C=C\C/C=C\C/C=C\C/C=C\C/C=C\C/C=C\C/C=C\CCCCCCCCCCCCCC(=O)OC(COC(=O)CCCCCCCCCCCCCCC/C=C\CCCCCCCCCC)COP(=O)(O)OCC[N+](C)(C)C. The van der Waals surface area contributed by atoms with Gasteiger partial charge in [0.15, 0.2) is 6.10 Å². The number of quaternary nitrogens is 1. The predicted molar refractivity (Wildman–Crippen MR) is 353 cm³/mol. The van der Waals surface area contributed by atoms with Crippen molar-refractivity contribution in [3.8, 4) is 0 Å². The van der Waals surface area contributed by atoms with Crippen molar-refractivity contribution in [2.75, 3.05) is 47.5 Å². The lowest BCUT2D eigenvalue weighted by atomic mass is 10.0. The Morgan fingerprint density at radius 2 is 0.695 bits per heavy atom. The lowest BCUT2D eigenvalue weighted by molar-refractivity contribution is -0.870. The zero-order valence-electron chi connectivity index (χ0n) is 54.0. The second-order valence-electron chi connectivity index (χ2n) is 23.8. The van der Waals surface area contributed by atoms with Crippen LogP contribution in [0.2, 0.25) is 0 Å². The molecule has 9 nitrogen and oxygen atoms in total. The molecule has 474 valence electrons. The van der Waals surface area contributed by atoms with Gasteiger partial charge in [0, 0.05) is 12.8 Å². The third-order valence-corrected chi connectivity index (χ3v) is 15.6. The fraction of sp³-hybridized carbons (Fsp3) is 0.750. The van der Waals surface area contributed by atoms with Gasteiger partial charge in [0.05, 0.1) is 27.7 Å². The van der Waals surface area contributed by atoms with Crippen LogP contribution in [0.3, 0.4) is 0 Å². The van der Waals surface area contributed by atoms with Crippen molar-refractivity contribution in [3.63, 3.8) is 0 Å². The van der Waals surface area contributed by atoms with E-state index >= 15 is 0 Å². The van der Waals surface area contributed by atoms with Gasteiger partial charge in [-0.15, -0.1) is 0 Å². The molecule has 0 saturated heterocycles. The molecule has 0 aliphatic carbocycles. The third-order valence-electron chi connectivity index (χ3n) is 14.6. The Kier molecular flexibility index (Phi) is 60.1. The van der Waals surface area contributed by atoms with Crippen LogP contribution in [0.4, 0.5) is 0 Å². The highest BCUT2D eigenvalue weighted by Crippen LogP contribution is 2.43. The van der Waals surface area contributed by atoms with E-state index in [0.717, 1.165) is 89.9 Å². The van der Waals surface area contributed by atoms with Crippen LogP contribution in [0.5, 0.6) is 0 Å². The average Bonchev–Trinajstić information content (AvgIpc) is 3.46. The number of carbonyl (C=O) groups is 2. The molecule has 10 heteroatoms. The molecule has 0 fully saturated rings. The van der Waals surface area contributed by atoms with Crippen molar-refractivity contribution in [1.29, 1.82) is 0 Å². The zero-order chi connectivity index (χ0) is 59.8. The number of hydrogen-bond donors (Lipinski definition) is 1. The standard InChI is InChI=1S/C72H128NO8P/c1-6-8-10-12-14-16-18-20-22-24-26-28-30-32-33-34-35-36-37-38-39-41-43-45-47-49-51-53-55-57-59-61-63-65-72(75)81-70(69-80-82(76,77)79-67-66-73(3,4)5)68-78-71(74)64-62-60-58-56-54-52-50-48-46-44-42-40-31-29-27-25-23-21-19-17-15-13-11-9-7-2/h8,10,14,16,20,22,25-28,32-33,35-36,38-39,70H,6-7,9,11-13,15,17-19,21,23-24,29-31,34,37,40-69H2,1-5H3/p+1/b10-8-,16-14-,22-20-,27-25-,28-26-,33-32-,36-35-,39-38-. The molecule has 0 amide bonds. The number of phosphoric ester groups is 1. The normalized spacial score (nSPS) is 13.8. The van der Waals surface area contributed by atoms with Crippen molar-refractivity contribution < 1.29 is 42.1 Å². The molecule has 0 aromatic rings. The van der Waals surface area contributed by atoms with Gasteiger partial charge >= 0.3 is 19.8 Å². The fourth-order valence-corrected chi connectivity index (χ4v) is 10.1. The summed E-state index contributed by atoms with van der Waals surface area (Å²) in [6.45, 7) is 4.34. The third kappa shape index (κ3) is 66.1. The summed E-state index contributed by atoms with van der Waals surface area (Å²) in [5, 5.41) is 0. The number of allylic oxidation sites excluding steroid dienone is 16. The summed E-state index contributed by atoms with van der Waals surface area (Å²) in [6.07, 6.45) is 86.4. The number of esters is 2. The summed E-state index contributed by atoms with van der Waals surface area (Å²) in [5.41, 5.74) is 0. The lowest BCUT2D eigenvalue weighted by Crippen LogP contribution is -2.37. The second-order valence-corrected chi connectivity index (χ2v) is 25.3. The molecule has 0 aromatic heterocycles. The van der Waals surface area contributed by atoms with Crippen LogP contribution in [0.25, 0.3) is 0 Å². The highest BCUT2D eigenvalue weighted by molar-refractivity contribution is 7.47. The van der Waals surface area contributed by atoms with E-state index in [4.69, 9.17) is 18.5 Å². The Morgan fingerprint density at radius 3 is 1.05 bits per heavy atom. The van der Waals surface area contributed by atoms with Crippen molar-refractivity contribution in [1.82, 2.24) is 0 Å². The molecule has 0 bridgehead atoms. The highest BCUT2D eigenvalue weighted by atomic mass is 31.2. The van der Waals surface area contributed by atoms with E-state index in [9.17, 15) is 19.0 Å². The first-order valence-electron chi connectivity index (χ1n) is 34.0. The van der Waals surface area contributed by atoms with Gasteiger partial charge in [-0.25, -0.2) is 4.57 Å². The average molecular weight is 1170 g/mol. The molecule has 2 atom stereocenters. The number of rotatable bonds is 62. The Balaban J connectivity index is 4.09. The quantitative estimate of drug-likeness (QED) is 0.0211. The molecule has 1 N–H and O–H groups in total. The van der Waals surface area contributed by atoms with Crippen LogP contribution in [-0.2, 0) is 32.7 Å². The van der Waals surface area contributed by atoms with Gasteiger partial charge in [-0.2, -0.15) is 0 Å². The van der Waals surface area contributed by atoms with E-state index in [1.807, 2.05) is 21.1 Å². The predicted octanol–water partition coefficient (Wildman–Crippen LogP) is 21.9. The van der Waals surface area contributed by atoms with Crippen LogP contribution in [0.15, 0.2) is 97.2 Å². The maximum Gasteiger partial charge on any atom is 0.472 e. The van der Waals surface area contributed by atoms with Crippen molar-refractivity contribution >= 4 is 19.8 Å². The molecule has 82 heavy (non-hydrogen) atoms. The molecule has 0 spiro atoms. The zero-order valence-corrected chi connectivity index (χ0v) is 54.8. The molecular weight excluding hydrogens is 1040 g/mol. The summed E-state index contributed by atoms with van der Waals surface area (Å²) in [5.74, 6) is -0.795. The van der Waals surface area contributed by atoms with E-state index in [1.165, 1.54) is 173 Å². The number of hydrogen-bond acceptors (Lipinski definition) is 7. The van der Waals surface area contributed by atoms with Crippen LogP contribution in [-0.4, -0.2) is 74.9 Å². The van der Waals surface area contributed by atoms with Crippen LogP contribution in [0.1, 0.15) is 296 Å². The van der Waals surface area contributed by atoms with Gasteiger partial charge in [0.1, 0.15) is 19.8 Å². The largest absolute Gasteiger partial charge is 0.472 e. The van der Waals surface area contributed by atoms with Gasteiger partial charge in [-0.05, 0) is 96.3 Å². The highest BCUT2D eigenvalue weighted by Gasteiger charge is 2.27.